The number of carbonyl (C=O) groups excluding carboxylic acids is 1. The van der Waals surface area contributed by atoms with Crippen molar-refractivity contribution in [3.05, 3.63) is 17.5 Å². The zero-order valence-electron chi connectivity index (χ0n) is 10.3. The number of ether oxygens (including phenoxy) is 1. The summed E-state index contributed by atoms with van der Waals surface area (Å²) in [6.07, 6.45) is 2.77. The Hall–Kier alpha value is -1.16. The van der Waals surface area contributed by atoms with E-state index >= 15 is 0 Å². The molecule has 0 atom stereocenters. The minimum Gasteiger partial charge on any atom is -0.385 e. The Bertz CT molecular complexity index is 345. The van der Waals surface area contributed by atoms with Crippen LogP contribution in [0.2, 0.25) is 0 Å². The van der Waals surface area contributed by atoms with Gasteiger partial charge in [-0.25, -0.2) is 0 Å². The van der Waals surface area contributed by atoms with Gasteiger partial charge >= 0.3 is 0 Å². The average molecular weight is 224 g/mol. The van der Waals surface area contributed by atoms with Gasteiger partial charge < -0.3 is 4.74 Å². The van der Waals surface area contributed by atoms with E-state index in [1.165, 1.54) is 0 Å². The van der Waals surface area contributed by atoms with E-state index in [1.807, 2.05) is 13.1 Å². The highest BCUT2D eigenvalue weighted by atomic mass is 16.5. The van der Waals surface area contributed by atoms with Crippen LogP contribution in [0.3, 0.4) is 0 Å². The van der Waals surface area contributed by atoms with Gasteiger partial charge in [-0.1, -0.05) is 6.92 Å². The third-order valence-corrected chi connectivity index (χ3v) is 2.57. The maximum absolute atomic E-state index is 11.6. The van der Waals surface area contributed by atoms with Crippen LogP contribution in [0.1, 0.15) is 31.2 Å². The normalized spacial score (nSPS) is 10.7. The smallest absolute Gasteiger partial charge is 0.138 e. The molecule has 1 aromatic rings. The fourth-order valence-electron chi connectivity index (χ4n) is 1.61. The summed E-state index contributed by atoms with van der Waals surface area (Å²) >= 11 is 0. The van der Waals surface area contributed by atoms with Crippen molar-refractivity contribution >= 4 is 5.78 Å². The van der Waals surface area contributed by atoms with Crippen molar-refractivity contribution in [2.45, 2.75) is 32.6 Å². The summed E-state index contributed by atoms with van der Waals surface area (Å²) in [5.41, 5.74) is 2.04. The summed E-state index contributed by atoms with van der Waals surface area (Å²) in [6.45, 7) is 2.71. The van der Waals surface area contributed by atoms with Crippen LogP contribution in [0.5, 0.6) is 0 Å². The van der Waals surface area contributed by atoms with Crippen LogP contribution >= 0.6 is 0 Å². The predicted octanol–water partition coefficient (Wildman–Crippen LogP) is 1.52. The molecule has 4 heteroatoms. The molecule has 0 unspecified atom stereocenters. The van der Waals surface area contributed by atoms with Crippen LogP contribution in [-0.4, -0.2) is 29.3 Å². The Labute approximate surface area is 96.6 Å². The number of carbonyl (C=O) groups is 1. The number of aryl methyl sites for hydroxylation is 2. The summed E-state index contributed by atoms with van der Waals surface area (Å²) in [5, 5.41) is 4.32. The molecule has 90 valence electrons. The van der Waals surface area contributed by atoms with Crippen molar-refractivity contribution in [3.63, 3.8) is 0 Å². The zero-order chi connectivity index (χ0) is 12.0. The first kappa shape index (κ1) is 12.9. The molecule has 0 aliphatic carbocycles. The molecule has 0 spiro atoms. The largest absolute Gasteiger partial charge is 0.385 e. The van der Waals surface area contributed by atoms with Gasteiger partial charge in [0.05, 0.1) is 5.69 Å². The lowest BCUT2D eigenvalue weighted by molar-refractivity contribution is -0.118. The second kappa shape index (κ2) is 6.43. The fourth-order valence-corrected chi connectivity index (χ4v) is 1.61. The first-order chi connectivity index (χ1) is 7.67. The number of Topliss-reactive ketones (excluding diaryl/α,β-unsaturated/α-hetero) is 1. The number of hydrogen-bond acceptors (Lipinski definition) is 3. The molecule has 0 aliphatic rings. The third-order valence-electron chi connectivity index (χ3n) is 2.57. The van der Waals surface area contributed by atoms with E-state index < -0.39 is 0 Å². The van der Waals surface area contributed by atoms with Crippen LogP contribution in [0.25, 0.3) is 0 Å². The number of nitrogens with zero attached hydrogens (tertiary/aromatic N) is 2. The molecule has 0 saturated heterocycles. The molecule has 4 nitrogen and oxygen atoms in total. The molecule has 0 bridgehead atoms. The van der Waals surface area contributed by atoms with Crippen molar-refractivity contribution in [2.24, 2.45) is 7.05 Å². The quantitative estimate of drug-likeness (QED) is 0.660. The summed E-state index contributed by atoms with van der Waals surface area (Å²) < 4.78 is 6.72. The van der Waals surface area contributed by atoms with E-state index in [0.717, 1.165) is 24.2 Å². The van der Waals surface area contributed by atoms with Gasteiger partial charge in [0.1, 0.15) is 5.78 Å². The van der Waals surface area contributed by atoms with E-state index in [-0.39, 0.29) is 5.78 Å². The Kier molecular flexibility index (Phi) is 5.19. The van der Waals surface area contributed by atoms with Gasteiger partial charge in [0, 0.05) is 39.3 Å². The van der Waals surface area contributed by atoms with Gasteiger partial charge in [0.2, 0.25) is 0 Å². The highest BCUT2D eigenvalue weighted by Crippen LogP contribution is 2.07. The van der Waals surface area contributed by atoms with Crippen molar-refractivity contribution < 1.29 is 9.53 Å². The van der Waals surface area contributed by atoms with E-state index in [0.29, 0.717) is 19.4 Å². The van der Waals surface area contributed by atoms with Crippen LogP contribution < -0.4 is 0 Å². The van der Waals surface area contributed by atoms with Crippen molar-refractivity contribution in [3.8, 4) is 0 Å². The van der Waals surface area contributed by atoms with E-state index in [9.17, 15) is 4.79 Å². The van der Waals surface area contributed by atoms with Gasteiger partial charge in [-0.05, 0) is 18.9 Å². The van der Waals surface area contributed by atoms with Crippen molar-refractivity contribution in [2.75, 3.05) is 13.7 Å². The molecule has 0 aliphatic heterocycles. The van der Waals surface area contributed by atoms with E-state index in [4.69, 9.17) is 4.74 Å². The van der Waals surface area contributed by atoms with Gasteiger partial charge in [0.15, 0.2) is 0 Å². The molecule has 0 amide bonds. The predicted molar refractivity (Wildman–Crippen MR) is 62.4 cm³/mol. The summed E-state index contributed by atoms with van der Waals surface area (Å²) in [7, 11) is 3.54. The van der Waals surface area contributed by atoms with Gasteiger partial charge in [0.25, 0.3) is 0 Å². The van der Waals surface area contributed by atoms with Crippen LogP contribution in [-0.2, 0) is 29.4 Å². The Balaban J connectivity index is 2.45. The highest BCUT2D eigenvalue weighted by Gasteiger charge is 2.08. The van der Waals surface area contributed by atoms with Gasteiger partial charge in [-0.2, -0.15) is 5.10 Å². The topological polar surface area (TPSA) is 44.1 Å². The fraction of sp³-hybridized carbons (Fsp3) is 0.667. The Morgan fingerprint density at radius 2 is 2.31 bits per heavy atom. The molecule has 0 N–H and O–H groups in total. The summed E-state index contributed by atoms with van der Waals surface area (Å²) in [4.78, 5) is 11.6. The molecule has 1 heterocycles. The summed E-state index contributed by atoms with van der Waals surface area (Å²) in [5.74, 6) is 0.253. The minimum atomic E-state index is 0.253. The first-order valence-electron chi connectivity index (χ1n) is 5.69. The van der Waals surface area contributed by atoms with Crippen molar-refractivity contribution in [1.29, 1.82) is 0 Å². The number of hydrogen-bond donors (Lipinski definition) is 0. The Morgan fingerprint density at radius 3 is 2.88 bits per heavy atom. The van der Waals surface area contributed by atoms with E-state index in [2.05, 4.69) is 12.0 Å². The lowest BCUT2D eigenvalue weighted by atomic mass is 10.1. The average Bonchev–Trinajstić information content (AvgIpc) is 2.60. The third kappa shape index (κ3) is 3.77. The van der Waals surface area contributed by atoms with Crippen LogP contribution in [0, 0.1) is 0 Å². The first-order valence-corrected chi connectivity index (χ1v) is 5.69. The number of rotatable bonds is 7. The van der Waals surface area contributed by atoms with Crippen LogP contribution in [0.4, 0.5) is 0 Å². The van der Waals surface area contributed by atoms with E-state index in [1.54, 1.807) is 11.8 Å². The lowest BCUT2D eigenvalue weighted by Gasteiger charge is -2.01. The molecule has 0 saturated carbocycles. The van der Waals surface area contributed by atoms with Crippen molar-refractivity contribution in [1.82, 2.24) is 9.78 Å². The number of methoxy groups -OCH3 is 1. The molecular weight excluding hydrogens is 204 g/mol. The van der Waals surface area contributed by atoms with Gasteiger partial charge in [-0.3, -0.25) is 9.48 Å². The molecule has 1 aromatic heterocycles. The lowest BCUT2D eigenvalue weighted by Crippen LogP contribution is -2.08. The number of ketones is 1. The Morgan fingerprint density at radius 1 is 1.56 bits per heavy atom. The standard InChI is InChI=1S/C12H20N2O2/c1-4-10-8-11(14(2)13-10)9-12(15)6-5-7-16-3/h8H,4-7,9H2,1-3H3. The second-order valence-corrected chi connectivity index (χ2v) is 3.92. The van der Waals surface area contributed by atoms with Gasteiger partial charge in [-0.15, -0.1) is 0 Å². The summed E-state index contributed by atoms with van der Waals surface area (Å²) in [6, 6.07) is 2.01. The molecule has 0 aromatic carbocycles. The second-order valence-electron chi connectivity index (χ2n) is 3.92. The molecule has 0 radical (unpaired) electrons. The molecule has 0 fully saturated rings. The maximum atomic E-state index is 11.6. The molecule has 16 heavy (non-hydrogen) atoms. The monoisotopic (exact) mass is 224 g/mol. The minimum absolute atomic E-state index is 0.253. The molecule has 1 rings (SSSR count). The highest BCUT2D eigenvalue weighted by molar-refractivity contribution is 5.80. The molecular formula is C12H20N2O2. The number of aromatic nitrogens is 2. The maximum Gasteiger partial charge on any atom is 0.138 e. The van der Waals surface area contributed by atoms with Crippen LogP contribution in [0.15, 0.2) is 6.07 Å². The zero-order valence-corrected chi connectivity index (χ0v) is 10.3. The SMILES string of the molecule is CCc1cc(CC(=O)CCCOC)n(C)n1.